The van der Waals surface area contributed by atoms with Gasteiger partial charge in [0.05, 0.1) is 27.0 Å². The second-order valence-corrected chi connectivity index (χ2v) is 9.28. The van der Waals surface area contributed by atoms with Gasteiger partial charge in [0.25, 0.3) is 0 Å². The van der Waals surface area contributed by atoms with Crippen LogP contribution in [0, 0.1) is 0 Å². The number of methoxy groups -OCH3 is 3. The molecule has 0 bridgehead atoms. The molecule has 1 aliphatic rings. The Bertz CT molecular complexity index is 1130. The molecule has 1 fully saturated rings. The molecule has 0 spiro atoms. The highest BCUT2D eigenvalue weighted by Gasteiger charge is 2.26. The van der Waals surface area contributed by atoms with E-state index in [1.54, 1.807) is 14.2 Å². The van der Waals surface area contributed by atoms with Crippen LogP contribution < -0.4 is 14.8 Å². The standard InChI is InChI=1S/C24H28N4O4S2/c1-30-18-12-16(13-19(14-18)31-2)15-28-10-7-25-22(28)17-4-8-27(9-5-17)24(33)26-20-6-11-34-21(20)23(29)32-3/h6-7,10-14,17H,4-5,8-9,15H2,1-3H3,(H,26,33). The van der Waals surface area contributed by atoms with Crippen molar-refractivity contribution in [3.05, 3.63) is 58.3 Å². The molecule has 1 N–H and O–H groups in total. The van der Waals surface area contributed by atoms with E-state index in [0.29, 0.717) is 28.1 Å². The number of ether oxygens (including phenoxy) is 3. The lowest BCUT2D eigenvalue weighted by Crippen LogP contribution is -2.40. The van der Waals surface area contributed by atoms with Crippen molar-refractivity contribution in [2.24, 2.45) is 0 Å². The molecule has 3 aromatic rings. The monoisotopic (exact) mass is 500 g/mol. The molecule has 0 atom stereocenters. The summed E-state index contributed by atoms with van der Waals surface area (Å²) in [5.74, 6) is 2.59. The fourth-order valence-electron chi connectivity index (χ4n) is 4.16. The van der Waals surface area contributed by atoms with Gasteiger partial charge in [-0.2, -0.15) is 0 Å². The van der Waals surface area contributed by atoms with Gasteiger partial charge in [-0.15, -0.1) is 11.3 Å². The molecule has 3 heterocycles. The molecule has 8 nitrogen and oxygen atoms in total. The zero-order valence-corrected chi connectivity index (χ0v) is 21.1. The third-order valence-corrected chi connectivity index (χ3v) is 7.19. The third-order valence-electron chi connectivity index (χ3n) is 5.94. The SMILES string of the molecule is COC(=O)c1sccc1NC(=S)N1CCC(c2nccn2Cc2cc(OC)cc(OC)c2)CC1. The molecular formula is C24H28N4O4S2. The molecule has 0 unspecified atom stereocenters. The summed E-state index contributed by atoms with van der Waals surface area (Å²) in [4.78, 5) is 19.3. The van der Waals surface area contributed by atoms with Crippen LogP contribution in [0.25, 0.3) is 0 Å². The fourth-order valence-corrected chi connectivity index (χ4v) is 5.22. The quantitative estimate of drug-likeness (QED) is 0.379. The van der Waals surface area contributed by atoms with Crippen molar-refractivity contribution < 1.29 is 19.0 Å². The van der Waals surface area contributed by atoms with Gasteiger partial charge in [0, 0.05) is 44.0 Å². The van der Waals surface area contributed by atoms with Crippen LogP contribution in [0.5, 0.6) is 11.5 Å². The Morgan fingerprint density at radius 3 is 2.53 bits per heavy atom. The summed E-state index contributed by atoms with van der Waals surface area (Å²) >= 11 is 6.96. The number of hydrogen-bond donors (Lipinski definition) is 1. The maximum atomic E-state index is 11.9. The first kappa shape index (κ1) is 24.0. The van der Waals surface area contributed by atoms with Gasteiger partial charge >= 0.3 is 5.97 Å². The summed E-state index contributed by atoms with van der Waals surface area (Å²) < 4.78 is 17.9. The number of carbonyl (C=O) groups excluding carboxylic acids is 1. The first-order chi connectivity index (χ1) is 16.5. The number of thiocarbonyl (C=S) groups is 1. The molecule has 1 aliphatic heterocycles. The van der Waals surface area contributed by atoms with Gasteiger partial charge in [-0.25, -0.2) is 9.78 Å². The van der Waals surface area contributed by atoms with E-state index in [1.807, 2.05) is 42.0 Å². The van der Waals surface area contributed by atoms with Gasteiger partial charge in [0.15, 0.2) is 5.11 Å². The van der Waals surface area contributed by atoms with E-state index in [0.717, 1.165) is 48.8 Å². The molecule has 10 heteroatoms. The summed E-state index contributed by atoms with van der Waals surface area (Å²) in [5.41, 5.74) is 1.78. The first-order valence-electron chi connectivity index (χ1n) is 11.0. The van der Waals surface area contributed by atoms with Crippen molar-refractivity contribution in [3.8, 4) is 11.5 Å². The van der Waals surface area contributed by atoms with Crippen LogP contribution in [0.15, 0.2) is 42.0 Å². The lowest BCUT2D eigenvalue weighted by atomic mass is 9.96. The second kappa shape index (κ2) is 10.9. The van der Waals surface area contributed by atoms with Gasteiger partial charge in [0.1, 0.15) is 22.2 Å². The van der Waals surface area contributed by atoms with Crippen LogP contribution in [0.1, 0.15) is 39.8 Å². The van der Waals surface area contributed by atoms with Gasteiger partial charge in [-0.05, 0) is 54.2 Å². The zero-order chi connectivity index (χ0) is 24.1. The Morgan fingerprint density at radius 2 is 1.88 bits per heavy atom. The lowest BCUT2D eigenvalue weighted by Gasteiger charge is -2.33. The molecular weight excluding hydrogens is 472 g/mol. The second-order valence-electron chi connectivity index (χ2n) is 7.98. The molecule has 0 radical (unpaired) electrons. The van der Waals surface area contributed by atoms with Crippen LogP contribution >= 0.6 is 23.6 Å². The molecule has 1 aromatic carbocycles. The zero-order valence-electron chi connectivity index (χ0n) is 19.4. The van der Waals surface area contributed by atoms with E-state index >= 15 is 0 Å². The molecule has 4 rings (SSSR count). The van der Waals surface area contributed by atoms with Crippen LogP contribution in [0.3, 0.4) is 0 Å². The normalized spacial score (nSPS) is 14.0. The van der Waals surface area contributed by atoms with Crippen LogP contribution in [-0.2, 0) is 11.3 Å². The van der Waals surface area contributed by atoms with Crippen molar-refractivity contribution in [1.29, 1.82) is 0 Å². The summed E-state index contributed by atoms with van der Waals surface area (Å²) in [6.45, 7) is 2.32. The number of nitrogens with zero attached hydrogens (tertiary/aromatic N) is 3. The van der Waals surface area contributed by atoms with Crippen molar-refractivity contribution >= 4 is 40.3 Å². The van der Waals surface area contributed by atoms with Gasteiger partial charge < -0.3 is 29.0 Å². The minimum Gasteiger partial charge on any atom is -0.497 e. The predicted molar refractivity (Wildman–Crippen MR) is 136 cm³/mol. The van der Waals surface area contributed by atoms with E-state index in [2.05, 4.69) is 19.8 Å². The molecule has 0 amide bonds. The highest BCUT2D eigenvalue weighted by atomic mass is 32.1. The van der Waals surface area contributed by atoms with E-state index in [-0.39, 0.29) is 5.97 Å². The Hall–Kier alpha value is -3.11. The van der Waals surface area contributed by atoms with Crippen LogP contribution in [0.2, 0.25) is 0 Å². The van der Waals surface area contributed by atoms with Gasteiger partial charge in [-0.3, -0.25) is 0 Å². The first-order valence-corrected chi connectivity index (χ1v) is 12.3. The number of rotatable bonds is 7. The highest BCUT2D eigenvalue weighted by Crippen LogP contribution is 2.30. The Balaban J connectivity index is 1.38. The summed E-state index contributed by atoms with van der Waals surface area (Å²) in [7, 11) is 4.69. The molecule has 180 valence electrons. The average Bonchev–Trinajstić information content (AvgIpc) is 3.53. The Kier molecular flexibility index (Phi) is 7.69. The van der Waals surface area contributed by atoms with E-state index in [4.69, 9.17) is 26.4 Å². The number of likely N-dealkylation sites (tertiary alicyclic amines) is 1. The largest absolute Gasteiger partial charge is 0.497 e. The Morgan fingerprint density at radius 1 is 1.18 bits per heavy atom. The number of anilines is 1. The molecule has 0 saturated carbocycles. The number of carbonyl (C=O) groups is 1. The lowest BCUT2D eigenvalue weighted by molar-refractivity contribution is 0.0607. The maximum Gasteiger partial charge on any atom is 0.350 e. The number of hydrogen-bond acceptors (Lipinski definition) is 7. The van der Waals surface area contributed by atoms with Crippen molar-refractivity contribution in [2.75, 3.05) is 39.7 Å². The van der Waals surface area contributed by atoms with Crippen LogP contribution in [-0.4, -0.2) is 60.0 Å². The molecule has 2 aromatic heterocycles. The maximum absolute atomic E-state index is 11.9. The average molecular weight is 501 g/mol. The van der Waals surface area contributed by atoms with Crippen molar-refractivity contribution in [1.82, 2.24) is 14.5 Å². The number of thiophene rings is 1. The highest BCUT2D eigenvalue weighted by molar-refractivity contribution is 7.80. The van der Waals surface area contributed by atoms with Gasteiger partial charge in [0.2, 0.25) is 0 Å². The minimum absolute atomic E-state index is 0.341. The summed E-state index contributed by atoms with van der Waals surface area (Å²) in [6.07, 6.45) is 5.75. The summed E-state index contributed by atoms with van der Waals surface area (Å²) in [5, 5.41) is 5.68. The fraction of sp³-hybridized carbons (Fsp3) is 0.375. The van der Waals surface area contributed by atoms with Crippen LogP contribution in [0.4, 0.5) is 5.69 Å². The number of benzene rings is 1. The molecule has 34 heavy (non-hydrogen) atoms. The molecule has 0 aliphatic carbocycles. The third kappa shape index (κ3) is 5.34. The van der Waals surface area contributed by atoms with Crippen molar-refractivity contribution in [3.63, 3.8) is 0 Å². The number of nitrogens with one attached hydrogen (secondary N) is 1. The van der Waals surface area contributed by atoms with Gasteiger partial charge in [-0.1, -0.05) is 0 Å². The molecule has 1 saturated heterocycles. The van der Waals surface area contributed by atoms with E-state index in [1.165, 1.54) is 18.4 Å². The minimum atomic E-state index is -0.362. The van der Waals surface area contributed by atoms with Crippen molar-refractivity contribution in [2.45, 2.75) is 25.3 Å². The predicted octanol–water partition coefficient (Wildman–Crippen LogP) is 4.37. The number of imidazole rings is 1. The summed E-state index contributed by atoms with van der Waals surface area (Å²) in [6, 6.07) is 7.76. The number of esters is 1. The van der Waals surface area contributed by atoms with E-state index in [9.17, 15) is 4.79 Å². The topological polar surface area (TPSA) is 77.9 Å². The van der Waals surface area contributed by atoms with E-state index < -0.39 is 0 Å². The number of piperidine rings is 1. The Labute approximate surface area is 208 Å². The number of aromatic nitrogens is 2. The smallest absolute Gasteiger partial charge is 0.350 e.